The molecule has 0 saturated heterocycles. The molecule has 68 valence electrons. The number of aromatic nitrogens is 1. The van der Waals surface area contributed by atoms with Gasteiger partial charge in [-0.2, -0.15) is 0 Å². The van der Waals surface area contributed by atoms with Crippen molar-refractivity contribution in [2.75, 3.05) is 12.0 Å². The third kappa shape index (κ3) is 1.74. The summed E-state index contributed by atoms with van der Waals surface area (Å²) in [5, 5.41) is 0.592. The SMILES string of the molecule is [C-]#[N+]c1c(N)nc(S)c(C)c1SC. The summed E-state index contributed by atoms with van der Waals surface area (Å²) in [4.78, 5) is 8.19. The number of nitrogens with two attached hydrogens (primary N) is 1. The lowest BCUT2D eigenvalue weighted by Gasteiger charge is -2.08. The Morgan fingerprint density at radius 2 is 2.23 bits per heavy atom. The zero-order valence-electron chi connectivity index (χ0n) is 7.33. The summed E-state index contributed by atoms with van der Waals surface area (Å²) in [5.74, 6) is 0.259. The molecule has 0 fully saturated rings. The highest BCUT2D eigenvalue weighted by molar-refractivity contribution is 7.98. The third-order valence-electron chi connectivity index (χ3n) is 1.68. The van der Waals surface area contributed by atoms with Crippen LogP contribution in [0.5, 0.6) is 0 Å². The molecule has 0 radical (unpaired) electrons. The summed E-state index contributed by atoms with van der Waals surface area (Å²) in [7, 11) is 0. The van der Waals surface area contributed by atoms with Crippen LogP contribution in [0.25, 0.3) is 4.85 Å². The quantitative estimate of drug-likeness (QED) is 0.426. The van der Waals surface area contributed by atoms with Crippen LogP contribution >= 0.6 is 24.4 Å². The number of hydrogen-bond donors (Lipinski definition) is 2. The van der Waals surface area contributed by atoms with Crippen LogP contribution in [0.3, 0.4) is 0 Å². The average Bonchev–Trinajstić information content (AvgIpc) is 2.10. The van der Waals surface area contributed by atoms with Gasteiger partial charge in [-0.3, -0.25) is 0 Å². The number of nitrogen functional groups attached to an aromatic ring is 1. The first-order chi connectivity index (χ1) is 6.11. The molecule has 13 heavy (non-hydrogen) atoms. The van der Waals surface area contributed by atoms with Crippen LogP contribution < -0.4 is 5.73 Å². The molecule has 3 nitrogen and oxygen atoms in total. The summed E-state index contributed by atoms with van der Waals surface area (Å²) in [6, 6.07) is 0. The van der Waals surface area contributed by atoms with Gasteiger partial charge in [0, 0.05) is 4.90 Å². The van der Waals surface area contributed by atoms with E-state index in [1.165, 1.54) is 11.8 Å². The number of thiol groups is 1. The van der Waals surface area contributed by atoms with E-state index in [0.29, 0.717) is 10.7 Å². The minimum atomic E-state index is 0.259. The van der Waals surface area contributed by atoms with E-state index in [2.05, 4.69) is 22.5 Å². The first-order valence-electron chi connectivity index (χ1n) is 3.52. The Bertz CT molecular complexity index is 382. The molecule has 1 heterocycles. The Morgan fingerprint density at radius 1 is 1.62 bits per heavy atom. The number of thioether (sulfide) groups is 1. The van der Waals surface area contributed by atoms with Gasteiger partial charge in [0.25, 0.3) is 0 Å². The maximum atomic E-state index is 6.96. The lowest BCUT2D eigenvalue weighted by atomic mass is 10.3. The Morgan fingerprint density at radius 3 is 2.69 bits per heavy atom. The fourth-order valence-electron chi connectivity index (χ4n) is 1.00. The molecule has 0 aromatic carbocycles. The zero-order valence-corrected chi connectivity index (χ0v) is 9.04. The van der Waals surface area contributed by atoms with Gasteiger partial charge in [0.2, 0.25) is 5.69 Å². The summed E-state index contributed by atoms with van der Waals surface area (Å²) in [6.45, 7) is 8.85. The van der Waals surface area contributed by atoms with E-state index in [0.717, 1.165) is 10.5 Å². The molecular formula is C8H9N3S2. The molecule has 5 heteroatoms. The van der Waals surface area contributed by atoms with Crippen LogP contribution in [0.2, 0.25) is 0 Å². The molecule has 0 atom stereocenters. The van der Waals surface area contributed by atoms with Gasteiger partial charge in [-0.1, -0.05) is 0 Å². The predicted molar refractivity (Wildman–Crippen MR) is 58.7 cm³/mol. The second-order valence-electron chi connectivity index (χ2n) is 2.44. The number of nitrogens with zero attached hydrogens (tertiary/aromatic N) is 2. The second kappa shape index (κ2) is 3.90. The van der Waals surface area contributed by atoms with Crippen molar-refractivity contribution >= 4 is 35.9 Å². The third-order valence-corrected chi connectivity index (χ3v) is 3.02. The second-order valence-corrected chi connectivity index (χ2v) is 3.68. The van der Waals surface area contributed by atoms with Crippen LogP contribution in [0, 0.1) is 13.5 Å². The Labute approximate surface area is 87.0 Å². The number of anilines is 1. The summed E-state index contributed by atoms with van der Waals surface area (Å²) in [5.41, 5.74) is 6.94. The highest BCUT2D eigenvalue weighted by atomic mass is 32.2. The topological polar surface area (TPSA) is 43.3 Å². The molecule has 0 amide bonds. The normalized spacial score (nSPS) is 9.69. The fourth-order valence-corrected chi connectivity index (χ4v) is 2.05. The molecule has 1 aromatic rings. The van der Waals surface area contributed by atoms with Crippen molar-refractivity contribution in [2.45, 2.75) is 16.8 Å². The lowest BCUT2D eigenvalue weighted by Crippen LogP contribution is -1.95. The zero-order chi connectivity index (χ0) is 10.0. The Kier molecular flexibility index (Phi) is 3.07. The lowest BCUT2D eigenvalue weighted by molar-refractivity contribution is 1.05. The van der Waals surface area contributed by atoms with Crippen LogP contribution in [0.4, 0.5) is 11.5 Å². The van der Waals surface area contributed by atoms with Gasteiger partial charge in [-0.15, -0.1) is 24.4 Å². The predicted octanol–water partition coefficient (Wildman–Crippen LogP) is 2.53. The Balaban J connectivity index is 3.53. The van der Waals surface area contributed by atoms with E-state index < -0.39 is 0 Å². The molecule has 1 aromatic heterocycles. The van der Waals surface area contributed by atoms with Crippen LogP contribution in [0.1, 0.15) is 5.56 Å². The standard InChI is InChI=1S/C8H9N3S2/c1-4-6(13-3)5(10-2)7(9)11-8(4)12/h1,3H3,(H3,9,11,12). The van der Waals surface area contributed by atoms with Crippen molar-refractivity contribution < 1.29 is 0 Å². The molecule has 0 aliphatic rings. The first-order valence-corrected chi connectivity index (χ1v) is 5.19. The fraction of sp³-hybridized carbons (Fsp3) is 0.250. The van der Waals surface area contributed by atoms with E-state index in [-0.39, 0.29) is 5.82 Å². The molecule has 0 unspecified atom stereocenters. The van der Waals surface area contributed by atoms with Crippen molar-refractivity contribution in [1.29, 1.82) is 0 Å². The van der Waals surface area contributed by atoms with Crippen LogP contribution in [0.15, 0.2) is 9.92 Å². The van der Waals surface area contributed by atoms with Crippen molar-refractivity contribution in [2.24, 2.45) is 0 Å². The van der Waals surface area contributed by atoms with Crippen molar-refractivity contribution in [3.63, 3.8) is 0 Å². The largest absolute Gasteiger partial charge is 0.392 e. The van der Waals surface area contributed by atoms with Crippen molar-refractivity contribution in [1.82, 2.24) is 4.98 Å². The van der Waals surface area contributed by atoms with Gasteiger partial charge in [-0.25, -0.2) is 9.83 Å². The van der Waals surface area contributed by atoms with Crippen LogP contribution in [-0.2, 0) is 0 Å². The van der Waals surface area contributed by atoms with E-state index in [4.69, 9.17) is 12.3 Å². The minimum Gasteiger partial charge on any atom is -0.392 e. The molecule has 0 spiro atoms. The molecule has 0 saturated carbocycles. The van der Waals surface area contributed by atoms with Gasteiger partial charge in [0.15, 0.2) is 0 Å². The number of hydrogen-bond acceptors (Lipinski definition) is 4. The minimum absolute atomic E-state index is 0.259. The summed E-state index contributed by atoms with van der Waals surface area (Å²) in [6.07, 6.45) is 1.91. The van der Waals surface area contributed by atoms with Gasteiger partial charge in [-0.05, 0) is 18.7 Å². The highest BCUT2D eigenvalue weighted by Gasteiger charge is 2.12. The maximum absolute atomic E-state index is 6.96. The molecule has 2 N–H and O–H groups in total. The summed E-state index contributed by atoms with van der Waals surface area (Å²) >= 11 is 5.66. The monoisotopic (exact) mass is 211 g/mol. The Hall–Kier alpha value is -0.860. The molecular weight excluding hydrogens is 202 g/mol. The number of pyridine rings is 1. The van der Waals surface area contributed by atoms with Crippen molar-refractivity contribution in [3.05, 3.63) is 17.0 Å². The molecule has 0 bridgehead atoms. The van der Waals surface area contributed by atoms with Gasteiger partial charge >= 0.3 is 0 Å². The number of rotatable bonds is 1. The van der Waals surface area contributed by atoms with E-state index in [1.54, 1.807) is 0 Å². The maximum Gasteiger partial charge on any atom is 0.241 e. The van der Waals surface area contributed by atoms with Gasteiger partial charge < -0.3 is 5.73 Å². The molecule has 0 aliphatic heterocycles. The van der Waals surface area contributed by atoms with E-state index in [1.807, 2.05) is 13.2 Å². The smallest absolute Gasteiger partial charge is 0.241 e. The average molecular weight is 211 g/mol. The highest BCUT2D eigenvalue weighted by Crippen LogP contribution is 2.37. The van der Waals surface area contributed by atoms with Crippen LogP contribution in [-0.4, -0.2) is 11.2 Å². The first kappa shape index (κ1) is 10.2. The van der Waals surface area contributed by atoms with E-state index >= 15 is 0 Å². The van der Waals surface area contributed by atoms with Gasteiger partial charge in [0.1, 0.15) is 5.82 Å². The van der Waals surface area contributed by atoms with E-state index in [9.17, 15) is 0 Å². The molecule has 0 aliphatic carbocycles. The summed E-state index contributed by atoms with van der Waals surface area (Å²) < 4.78 is 0. The van der Waals surface area contributed by atoms with Gasteiger partial charge in [0.05, 0.1) is 11.6 Å². The molecule has 1 rings (SSSR count). The van der Waals surface area contributed by atoms with Crippen molar-refractivity contribution in [3.8, 4) is 0 Å².